The molecule has 1 aromatic heterocycles. The maximum absolute atomic E-state index is 11.9. The zero-order valence-electron chi connectivity index (χ0n) is 11.8. The van der Waals surface area contributed by atoms with Crippen LogP contribution in [0.1, 0.15) is 51.1 Å². The molecular formula is C14H24N4O. The largest absolute Gasteiger partial charge is 0.317 e. The molecule has 1 aliphatic rings. The third kappa shape index (κ3) is 4.35. The van der Waals surface area contributed by atoms with Gasteiger partial charge in [0.05, 0.1) is 0 Å². The summed E-state index contributed by atoms with van der Waals surface area (Å²) < 4.78 is 0. The minimum absolute atomic E-state index is 0.0698. The van der Waals surface area contributed by atoms with Gasteiger partial charge in [-0.1, -0.05) is 13.8 Å². The van der Waals surface area contributed by atoms with Gasteiger partial charge in [0.25, 0.3) is 0 Å². The van der Waals surface area contributed by atoms with E-state index >= 15 is 0 Å². The van der Waals surface area contributed by atoms with Crippen molar-refractivity contribution < 1.29 is 4.79 Å². The number of carbonyl (C=O) groups excluding carboxylic acids is 1. The van der Waals surface area contributed by atoms with Crippen molar-refractivity contribution in [1.29, 1.82) is 0 Å². The summed E-state index contributed by atoms with van der Waals surface area (Å²) in [5.41, 5.74) is 1.05. The van der Waals surface area contributed by atoms with E-state index in [1.165, 1.54) is 12.8 Å². The summed E-state index contributed by atoms with van der Waals surface area (Å²) in [4.78, 5) is 11.9. The van der Waals surface area contributed by atoms with Crippen molar-refractivity contribution in [3.8, 4) is 0 Å². The van der Waals surface area contributed by atoms with Gasteiger partial charge in [-0.25, -0.2) is 0 Å². The van der Waals surface area contributed by atoms with E-state index in [0.29, 0.717) is 24.1 Å². The van der Waals surface area contributed by atoms with Crippen LogP contribution in [-0.2, 0) is 4.79 Å². The first-order valence-electron chi connectivity index (χ1n) is 7.21. The molecule has 1 amide bonds. The second-order valence-electron chi connectivity index (χ2n) is 5.64. The average molecular weight is 264 g/mol. The van der Waals surface area contributed by atoms with Crippen molar-refractivity contribution in [2.75, 3.05) is 18.4 Å². The summed E-state index contributed by atoms with van der Waals surface area (Å²) >= 11 is 0. The van der Waals surface area contributed by atoms with E-state index < -0.39 is 0 Å². The zero-order valence-corrected chi connectivity index (χ0v) is 11.8. The van der Waals surface area contributed by atoms with Gasteiger partial charge in [-0.3, -0.25) is 9.89 Å². The Balaban J connectivity index is 1.73. The minimum atomic E-state index is 0.0698. The van der Waals surface area contributed by atoms with Crippen LogP contribution in [0.5, 0.6) is 0 Å². The van der Waals surface area contributed by atoms with Gasteiger partial charge >= 0.3 is 0 Å². The third-order valence-electron chi connectivity index (χ3n) is 3.73. The number of amides is 1. The number of rotatable bonds is 5. The highest BCUT2D eigenvalue weighted by atomic mass is 16.1. The number of nitrogens with zero attached hydrogens (tertiary/aromatic N) is 1. The second kappa shape index (κ2) is 6.70. The lowest BCUT2D eigenvalue weighted by molar-refractivity contribution is -0.116. The fraction of sp³-hybridized carbons (Fsp3) is 0.714. The Morgan fingerprint density at radius 3 is 2.84 bits per heavy atom. The summed E-state index contributed by atoms with van der Waals surface area (Å²) in [5, 5.41) is 13.2. The van der Waals surface area contributed by atoms with Gasteiger partial charge in [0.2, 0.25) is 5.91 Å². The second-order valence-corrected chi connectivity index (χ2v) is 5.64. The quantitative estimate of drug-likeness (QED) is 0.764. The Morgan fingerprint density at radius 1 is 1.47 bits per heavy atom. The lowest BCUT2D eigenvalue weighted by atomic mass is 9.93. The van der Waals surface area contributed by atoms with Crippen molar-refractivity contribution in [2.24, 2.45) is 5.92 Å². The molecule has 0 bridgehead atoms. The molecule has 19 heavy (non-hydrogen) atoms. The standard InChI is InChI=1S/C14H24N4O/c1-10(2)12-9-13(18-17-12)16-14(19)4-3-11-5-7-15-8-6-11/h9-11,15H,3-8H2,1-2H3,(H2,16,17,18,19). The molecule has 1 aliphatic heterocycles. The van der Waals surface area contributed by atoms with Crippen LogP contribution in [-0.4, -0.2) is 29.2 Å². The molecule has 0 saturated carbocycles. The van der Waals surface area contributed by atoms with Crippen LogP contribution in [0.2, 0.25) is 0 Å². The molecule has 0 atom stereocenters. The van der Waals surface area contributed by atoms with Gasteiger partial charge in [-0.05, 0) is 44.2 Å². The molecule has 1 aromatic rings. The van der Waals surface area contributed by atoms with Crippen LogP contribution in [0.25, 0.3) is 0 Å². The predicted molar refractivity (Wildman–Crippen MR) is 76.1 cm³/mol. The molecule has 0 radical (unpaired) electrons. The highest BCUT2D eigenvalue weighted by molar-refractivity contribution is 5.89. The van der Waals surface area contributed by atoms with Crippen LogP contribution < -0.4 is 10.6 Å². The molecule has 2 heterocycles. The van der Waals surface area contributed by atoms with Crippen molar-refractivity contribution >= 4 is 11.7 Å². The number of hydrogen-bond donors (Lipinski definition) is 3. The summed E-state index contributed by atoms with van der Waals surface area (Å²) in [7, 11) is 0. The molecule has 0 aromatic carbocycles. The highest BCUT2D eigenvalue weighted by Gasteiger charge is 2.15. The SMILES string of the molecule is CC(C)c1cc(NC(=O)CCC2CCNCC2)n[nH]1. The molecule has 1 fully saturated rings. The number of nitrogens with one attached hydrogen (secondary N) is 3. The monoisotopic (exact) mass is 264 g/mol. The van der Waals surface area contributed by atoms with Gasteiger partial charge in [0.1, 0.15) is 0 Å². The van der Waals surface area contributed by atoms with E-state index in [9.17, 15) is 4.79 Å². The number of aromatic amines is 1. The maximum Gasteiger partial charge on any atom is 0.225 e. The lowest BCUT2D eigenvalue weighted by Crippen LogP contribution is -2.28. The van der Waals surface area contributed by atoms with Crippen molar-refractivity contribution in [3.63, 3.8) is 0 Å². The van der Waals surface area contributed by atoms with Gasteiger partial charge < -0.3 is 10.6 Å². The van der Waals surface area contributed by atoms with Crippen molar-refractivity contribution in [1.82, 2.24) is 15.5 Å². The van der Waals surface area contributed by atoms with Gasteiger partial charge in [-0.15, -0.1) is 0 Å². The minimum Gasteiger partial charge on any atom is -0.317 e. The normalized spacial score (nSPS) is 16.8. The van der Waals surface area contributed by atoms with E-state index in [4.69, 9.17) is 0 Å². The summed E-state index contributed by atoms with van der Waals surface area (Å²) in [6.07, 6.45) is 3.95. The van der Waals surface area contributed by atoms with E-state index in [1.807, 2.05) is 6.07 Å². The fourth-order valence-electron chi connectivity index (χ4n) is 2.41. The molecule has 5 nitrogen and oxygen atoms in total. The van der Waals surface area contributed by atoms with Crippen LogP contribution in [0, 0.1) is 5.92 Å². The number of H-pyrrole nitrogens is 1. The summed E-state index contributed by atoms with van der Waals surface area (Å²) in [6, 6.07) is 1.91. The number of hydrogen-bond acceptors (Lipinski definition) is 3. The number of carbonyl (C=O) groups is 1. The lowest BCUT2D eigenvalue weighted by Gasteiger charge is -2.21. The Hall–Kier alpha value is -1.36. The molecular weight excluding hydrogens is 240 g/mol. The molecule has 0 aliphatic carbocycles. The molecule has 106 valence electrons. The van der Waals surface area contributed by atoms with Crippen LogP contribution in [0.4, 0.5) is 5.82 Å². The van der Waals surface area contributed by atoms with E-state index in [0.717, 1.165) is 25.2 Å². The summed E-state index contributed by atoms with van der Waals surface area (Å²) in [6.45, 7) is 6.36. The molecule has 3 N–H and O–H groups in total. The zero-order chi connectivity index (χ0) is 13.7. The fourth-order valence-corrected chi connectivity index (χ4v) is 2.41. The van der Waals surface area contributed by atoms with Crippen LogP contribution >= 0.6 is 0 Å². The Bertz CT molecular complexity index is 407. The average Bonchev–Trinajstić information content (AvgIpc) is 2.86. The van der Waals surface area contributed by atoms with E-state index in [1.54, 1.807) is 0 Å². The van der Waals surface area contributed by atoms with Crippen molar-refractivity contribution in [3.05, 3.63) is 11.8 Å². The van der Waals surface area contributed by atoms with Gasteiger partial charge in [0.15, 0.2) is 5.82 Å². The predicted octanol–water partition coefficient (Wildman–Crippen LogP) is 2.25. The van der Waals surface area contributed by atoms with E-state index in [-0.39, 0.29) is 5.91 Å². The summed E-state index contributed by atoms with van der Waals surface area (Å²) in [5.74, 6) is 1.80. The maximum atomic E-state index is 11.9. The third-order valence-corrected chi connectivity index (χ3v) is 3.73. The van der Waals surface area contributed by atoms with E-state index in [2.05, 4.69) is 34.7 Å². The molecule has 0 spiro atoms. The molecule has 2 rings (SSSR count). The van der Waals surface area contributed by atoms with Crippen molar-refractivity contribution in [2.45, 2.75) is 45.4 Å². The first-order valence-corrected chi connectivity index (χ1v) is 7.21. The number of anilines is 1. The Morgan fingerprint density at radius 2 is 2.21 bits per heavy atom. The number of piperidine rings is 1. The van der Waals surface area contributed by atoms with Gasteiger partial charge in [0, 0.05) is 18.2 Å². The topological polar surface area (TPSA) is 69.8 Å². The number of aromatic nitrogens is 2. The first kappa shape index (κ1) is 14.1. The molecule has 5 heteroatoms. The Labute approximate surface area is 114 Å². The van der Waals surface area contributed by atoms with Gasteiger partial charge in [-0.2, -0.15) is 5.10 Å². The van der Waals surface area contributed by atoms with Crippen LogP contribution in [0.3, 0.4) is 0 Å². The molecule has 0 unspecified atom stereocenters. The van der Waals surface area contributed by atoms with Crippen LogP contribution in [0.15, 0.2) is 6.07 Å². The first-order chi connectivity index (χ1) is 9.15. The Kier molecular flexibility index (Phi) is 4.96. The molecule has 1 saturated heterocycles. The smallest absolute Gasteiger partial charge is 0.225 e. The highest BCUT2D eigenvalue weighted by Crippen LogP contribution is 2.19.